The van der Waals surface area contributed by atoms with Crippen molar-refractivity contribution in [3.63, 3.8) is 0 Å². The van der Waals surface area contributed by atoms with E-state index in [9.17, 15) is 5.11 Å². The Balaban J connectivity index is 2.24. The number of unbranched alkanes of at least 4 members (excludes halogenated alkanes) is 9. The molecule has 1 aromatic rings. The highest BCUT2D eigenvalue weighted by Crippen LogP contribution is 2.41. The van der Waals surface area contributed by atoms with Crippen LogP contribution in [0.4, 0.5) is 0 Å². The van der Waals surface area contributed by atoms with Gasteiger partial charge >= 0.3 is 0 Å². The van der Waals surface area contributed by atoms with Crippen molar-refractivity contribution in [1.82, 2.24) is 0 Å². The monoisotopic (exact) mass is 352 g/mol. The minimum absolute atomic E-state index is 0.224. The number of ether oxygens (including phenoxy) is 2. The van der Waals surface area contributed by atoms with Crippen LogP contribution in [0.5, 0.6) is 17.2 Å². The molecule has 0 saturated carbocycles. The predicted octanol–water partition coefficient (Wildman–Crippen LogP) is 5.15. The molecular weight excluding hydrogens is 316 g/mol. The standard InChI is InChI=1S/C21H36O4/c1-17-16-19(24-2)21(25-3)20(23)18(17)14-12-10-8-6-4-5-7-9-11-13-15-22/h16,22-23H,4-15H2,1-3H3. The molecule has 0 spiro atoms. The Morgan fingerprint density at radius 1 is 0.800 bits per heavy atom. The van der Waals surface area contributed by atoms with Crippen LogP contribution in [0.25, 0.3) is 0 Å². The molecule has 0 aromatic heterocycles. The zero-order valence-corrected chi connectivity index (χ0v) is 16.3. The normalized spacial score (nSPS) is 10.9. The number of phenols is 1. The zero-order valence-electron chi connectivity index (χ0n) is 16.3. The number of methoxy groups -OCH3 is 2. The highest BCUT2D eigenvalue weighted by molar-refractivity contribution is 5.58. The second-order valence-electron chi connectivity index (χ2n) is 6.77. The topological polar surface area (TPSA) is 58.9 Å². The van der Waals surface area contributed by atoms with Crippen molar-refractivity contribution in [2.45, 2.75) is 77.6 Å². The summed E-state index contributed by atoms with van der Waals surface area (Å²) in [5.41, 5.74) is 2.03. The Morgan fingerprint density at radius 3 is 1.80 bits per heavy atom. The molecule has 0 radical (unpaired) electrons. The third-order valence-corrected chi connectivity index (χ3v) is 4.81. The van der Waals surface area contributed by atoms with Gasteiger partial charge < -0.3 is 19.7 Å². The minimum atomic E-state index is 0.224. The Labute approximate surface area is 153 Å². The van der Waals surface area contributed by atoms with Crippen molar-refractivity contribution in [1.29, 1.82) is 0 Å². The fourth-order valence-corrected chi connectivity index (χ4v) is 3.28. The molecule has 4 heteroatoms. The van der Waals surface area contributed by atoms with Gasteiger partial charge in [-0.25, -0.2) is 0 Å². The Morgan fingerprint density at radius 2 is 1.32 bits per heavy atom. The molecule has 0 aliphatic carbocycles. The van der Waals surface area contributed by atoms with Gasteiger partial charge in [0.2, 0.25) is 5.75 Å². The molecule has 1 rings (SSSR count). The van der Waals surface area contributed by atoms with Crippen LogP contribution in [0, 0.1) is 6.92 Å². The number of aromatic hydroxyl groups is 1. The van der Waals surface area contributed by atoms with Crippen LogP contribution in [-0.2, 0) is 6.42 Å². The lowest BCUT2D eigenvalue weighted by Crippen LogP contribution is -1.98. The molecule has 2 N–H and O–H groups in total. The first-order valence-electron chi connectivity index (χ1n) is 9.70. The second kappa shape index (κ2) is 12.9. The first-order chi connectivity index (χ1) is 12.2. The Kier molecular flexibility index (Phi) is 11.1. The van der Waals surface area contributed by atoms with E-state index in [0.717, 1.165) is 36.8 Å². The van der Waals surface area contributed by atoms with E-state index in [1.54, 1.807) is 14.2 Å². The second-order valence-corrected chi connectivity index (χ2v) is 6.77. The summed E-state index contributed by atoms with van der Waals surface area (Å²) in [7, 11) is 3.14. The number of hydrogen-bond acceptors (Lipinski definition) is 4. The van der Waals surface area contributed by atoms with Gasteiger partial charge in [-0.05, 0) is 37.8 Å². The maximum absolute atomic E-state index is 10.4. The molecule has 0 aliphatic heterocycles. The van der Waals surface area contributed by atoms with Crippen LogP contribution in [0.15, 0.2) is 6.07 Å². The molecule has 0 fully saturated rings. The van der Waals surface area contributed by atoms with E-state index in [1.165, 1.54) is 44.9 Å². The van der Waals surface area contributed by atoms with E-state index >= 15 is 0 Å². The lowest BCUT2D eigenvalue weighted by molar-refractivity contribution is 0.282. The average molecular weight is 353 g/mol. The van der Waals surface area contributed by atoms with E-state index < -0.39 is 0 Å². The smallest absolute Gasteiger partial charge is 0.203 e. The summed E-state index contributed by atoms with van der Waals surface area (Å²) in [4.78, 5) is 0. The number of aliphatic hydroxyl groups is 1. The number of rotatable bonds is 14. The van der Waals surface area contributed by atoms with Crippen LogP contribution in [0.3, 0.4) is 0 Å². The summed E-state index contributed by atoms with van der Waals surface area (Å²) in [6, 6.07) is 1.94. The molecule has 144 valence electrons. The summed E-state index contributed by atoms with van der Waals surface area (Å²) >= 11 is 0. The lowest BCUT2D eigenvalue weighted by Gasteiger charge is -2.15. The van der Waals surface area contributed by atoms with E-state index in [0.29, 0.717) is 18.1 Å². The van der Waals surface area contributed by atoms with E-state index in [1.807, 2.05) is 13.0 Å². The highest BCUT2D eigenvalue weighted by Gasteiger charge is 2.16. The summed E-state index contributed by atoms with van der Waals surface area (Å²) in [6.45, 7) is 2.34. The molecule has 0 aliphatic rings. The van der Waals surface area contributed by atoms with Crippen molar-refractivity contribution in [3.8, 4) is 17.2 Å². The molecular formula is C21H36O4. The number of hydrogen-bond donors (Lipinski definition) is 2. The van der Waals surface area contributed by atoms with Crippen molar-refractivity contribution >= 4 is 0 Å². The van der Waals surface area contributed by atoms with Crippen molar-refractivity contribution in [2.24, 2.45) is 0 Å². The van der Waals surface area contributed by atoms with Gasteiger partial charge in [0.1, 0.15) is 0 Å². The number of aliphatic hydroxyl groups excluding tert-OH is 1. The van der Waals surface area contributed by atoms with Crippen molar-refractivity contribution in [2.75, 3.05) is 20.8 Å². The first kappa shape index (κ1) is 21.6. The highest BCUT2D eigenvalue weighted by atomic mass is 16.5. The Bertz CT molecular complexity index is 485. The molecule has 4 nitrogen and oxygen atoms in total. The van der Waals surface area contributed by atoms with Crippen LogP contribution in [0.2, 0.25) is 0 Å². The summed E-state index contributed by atoms with van der Waals surface area (Å²) in [5, 5.41) is 19.2. The molecule has 0 bridgehead atoms. The van der Waals surface area contributed by atoms with Gasteiger partial charge in [0.25, 0.3) is 0 Å². The summed E-state index contributed by atoms with van der Waals surface area (Å²) < 4.78 is 10.5. The van der Waals surface area contributed by atoms with E-state index in [2.05, 4.69) is 0 Å². The van der Waals surface area contributed by atoms with Gasteiger partial charge in [-0.3, -0.25) is 0 Å². The minimum Gasteiger partial charge on any atom is -0.504 e. The van der Waals surface area contributed by atoms with E-state index in [-0.39, 0.29) is 5.75 Å². The maximum Gasteiger partial charge on any atom is 0.203 e. The largest absolute Gasteiger partial charge is 0.504 e. The Hall–Kier alpha value is -1.42. The van der Waals surface area contributed by atoms with Gasteiger partial charge in [-0.15, -0.1) is 0 Å². The number of phenolic OH excluding ortho intramolecular Hbond substituents is 1. The molecule has 0 saturated heterocycles. The lowest BCUT2D eigenvalue weighted by atomic mass is 9.99. The number of aryl methyl sites for hydroxylation is 1. The predicted molar refractivity (Wildman–Crippen MR) is 103 cm³/mol. The third-order valence-electron chi connectivity index (χ3n) is 4.81. The van der Waals surface area contributed by atoms with Crippen LogP contribution in [-0.4, -0.2) is 31.0 Å². The van der Waals surface area contributed by atoms with Crippen LogP contribution < -0.4 is 9.47 Å². The van der Waals surface area contributed by atoms with Gasteiger partial charge in [-0.2, -0.15) is 0 Å². The average Bonchev–Trinajstić information content (AvgIpc) is 2.61. The molecule has 1 aromatic carbocycles. The van der Waals surface area contributed by atoms with Gasteiger partial charge in [0.15, 0.2) is 11.5 Å². The first-order valence-corrected chi connectivity index (χ1v) is 9.70. The van der Waals surface area contributed by atoms with Gasteiger partial charge in [-0.1, -0.05) is 51.4 Å². The fraction of sp³-hybridized carbons (Fsp3) is 0.714. The third kappa shape index (κ3) is 7.55. The maximum atomic E-state index is 10.4. The molecule has 0 amide bonds. The summed E-state index contributed by atoms with van der Waals surface area (Å²) in [6.07, 6.45) is 12.9. The van der Waals surface area contributed by atoms with Crippen molar-refractivity contribution in [3.05, 3.63) is 17.2 Å². The summed E-state index contributed by atoms with van der Waals surface area (Å²) in [5.74, 6) is 1.24. The quantitative estimate of drug-likeness (QED) is 0.454. The molecule has 0 atom stereocenters. The molecule has 0 heterocycles. The van der Waals surface area contributed by atoms with E-state index in [4.69, 9.17) is 14.6 Å². The fourth-order valence-electron chi connectivity index (χ4n) is 3.28. The van der Waals surface area contributed by atoms with Crippen LogP contribution in [0.1, 0.15) is 75.3 Å². The SMILES string of the molecule is COc1cc(C)c(CCCCCCCCCCCCO)c(O)c1OC. The van der Waals surface area contributed by atoms with Gasteiger partial charge in [0, 0.05) is 12.2 Å². The van der Waals surface area contributed by atoms with Crippen LogP contribution >= 0.6 is 0 Å². The molecule has 0 unspecified atom stereocenters. The zero-order chi connectivity index (χ0) is 18.5. The number of benzene rings is 1. The van der Waals surface area contributed by atoms with Crippen molar-refractivity contribution < 1.29 is 19.7 Å². The van der Waals surface area contributed by atoms with Gasteiger partial charge in [0.05, 0.1) is 14.2 Å². The molecule has 25 heavy (non-hydrogen) atoms.